The first kappa shape index (κ1) is 24.2. The summed E-state index contributed by atoms with van der Waals surface area (Å²) in [6, 6.07) is 0. The standard InChI is InChI=1S/C22H32O3S/c1-2-3-4-5-6-7-8-9-10-11-12-13-16-21(26)17-14-15-20(23)18-19-22(24)25/h3-4,6-7,9-10,12-14,17,21,26H,2,5,8,11,15-16,18-19H2,1H3,(H,24,25)/b4-3-,7-6-,10-9-,13-12-,17-14+/t21-/m1/s1. The third-order valence-corrected chi connectivity index (χ3v) is 3.80. The van der Waals surface area contributed by atoms with Gasteiger partial charge in [-0.05, 0) is 32.1 Å². The van der Waals surface area contributed by atoms with Gasteiger partial charge in [-0.15, -0.1) is 0 Å². The van der Waals surface area contributed by atoms with Gasteiger partial charge in [0.25, 0.3) is 0 Å². The van der Waals surface area contributed by atoms with Crippen LogP contribution in [0.5, 0.6) is 0 Å². The van der Waals surface area contributed by atoms with Crippen molar-refractivity contribution in [1.82, 2.24) is 0 Å². The Morgan fingerprint density at radius 3 is 1.92 bits per heavy atom. The van der Waals surface area contributed by atoms with Crippen LogP contribution in [-0.4, -0.2) is 22.1 Å². The van der Waals surface area contributed by atoms with Crippen LogP contribution in [0, 0.1) is 0 Å². The maximum Gasteiger partial charge on any atom is 0.303 e. The Kier molecular flexibility index (Phi) is 16.7. The summed E-state index contributed by atoms with van der Waals surface area (Å²) in [4.78, 5) is 21.8. The minimum absolute atomic E-state index is 0.0553. The van der Waals surface area contributed by atoms with Gasteiger partial charge in [0.2, 0.25) is 0 Å². The first-order chi connectivity index (χ1) is 12.6. The fourth-order valence-corrected chi connectivity index (χ4v) is 2.24. The van der Waals surface area contributed by atoms with E-state index in [1.54, 1.807) is 6.08 Å². The van der Waals surface area contributed by atoms with E-state index in [0.717, 1.165) is 32.1 Å². The molecular weight excluding hydrogens is 344 g/mol. The third kappa shape index (κ3) is 18.5. The number of allylic oxidation sites excluding steroid dienone is 9. The predicted octanol–water partition coefficient (Wildman–Crippen LogP) is 5.86. The van der Waals surface area contributed by atoms with Gasteiger partial charge in [0.15, 0.2) is 0 Å². The highest BCUT2D eigenvalue weighted by Gasteiger charge is 2.03. The number of carboxylic acid groups (broad SMARTS) is 1. The number of carboxylic acids is 1. The number of aliphatic carboxylic acids is 1. The summed E-state index contributed by atoms with van der Waals surface area (Å²) in [5.74, 6) is -0.992. The summed E-state index contributed by atoms with van der Waals surface area (Å²) < 4.78 is 0. The van der Waals surface area contributed by atoms with Gasteiger partial charge in [0.1, 0.15) is 5.78 Å². The van der Waals surface area contributed by atoms with E-state index in [4.69, 9.17) is 5.11 Å². The smallest absolute Gasteiger partial charge is 0.303 e. The van der Waals surface area contributed by atoms with Crippen LogP contribution in [0.4, 0.5) is 0 Å². The summed E-state index contributed by atoms with van der Waals surface area (Å²) in [6.07, 6.45) is 25.9. The average Bonchev–Trinajstić information content (AvgIpc) is 2.61. The molecule has 0 saturated heterocycles. The highest BCUT2D eigenvalue weighted by molar-refractivity contribution is 7.81. The highest BCUT2D eigenvalue weighted by atomic mass is 32.1. The van der Waals surface area contributed by atoms with Crippen LogP contribution in [0.3, 0.4) is 0 Å². The van der Waals surface area contributed by atoms with Gasteiger partial charge in [-0.1, -0.05) is 67.7 Å². The molecule has 3 nitrogen and oxygen atoms in total. The van der Waals surface area contributed by atoms with E-state index >= 15 is 0 Å². The number of rotatable bonds is 15. The molecule has 0 amide bonds. The lowest BCUT2D eigenvalue weighted by molar-refractivity contribution is -0.138. The largest absolute Gasteiger partial charge is 0.481 e. The van der Waals surface area contributed by atoms with Gasteiger partial charge in [0.05, 0.1) is 6.42 Å². The zero-order chi connectivity index (χ0) is 19.5. The molecule has 0 spiro atoms. The zero-order valence-corrected chi connectivity index (χ0v) is 16.6. The van der Waals surface area contributed by atoms with Crippen molar-refractivity contribution < 1.29 is 14.7 Å². The van der Waals surface area contributed by atoms with E-state index in [2.05, 4.69) is 68.2 Å². The van der Waals surface area contributed by atoms with E-state index in [-0.39, 0.29) is 30.3 Å². The number of Topliss-reactive ketones (excluding diaryl/α,β-unsaturated/α-hetero) is 1. The normalized spacial score (nSPS) is 13.8. The number of carbonyl (C=O) groups is 2. The van der Waals surface area contributed by atoms with E-state index < -0.39 is 5.97 Å². The lowest BCUT2D eigenvalue weighted by Gasteiger charge is -2.00. The molecule has 0 fully saturated rings. The van der Waals surface area contributed by atoms with Crippen molar-refractivity contribution in [3.63, 3.8) is 0 Å². The fraction of sp³-hybridized carbons (Fsp3) is 0.455. The molecule has 1 N–H and O–H groups in total. The van der Waals surface area contributed by atoms with Crippen LogP contribution in [0.2, 0.25) is 0 Å². The molecule has 0 aromatic rings. The second-order valence-electron chi connectivity index (χ2n) is 5.87. The van der Waals surface area contributed by atoms with Crippen molar-refractivity contribution in [1.29, 1.82) is 0 Å². The van der Waals surface area contributed by atoms with Gasteiger partial charge in [-0.3, -0.25) is 9.59 Å². The molecular formula is C22H32O3S. The maximum atomic E-state index is 11.4. The molecule has 0 aliphatic carbocycles. The molecule has 0 heterocycles. The molecule has 0 aromatic heterocycles. The summed E-state index contributed by atoms with van der Waals surface area (Å²) in [6.45, 7) is 2.13. The van der Waals surface area contributed by atoms with Crippen LogP contribution in [-0.2, 0) is 9.59 Å². The van der Waals surface area contributed by atoms with Crippen LogP contribution < -0.4 is 0 Å². The Morgan fingerprint density at radius 1 is 0.846 bits per heavy atom. The third-order valence-electron chi connectivity index (χ3n) is 3.42. The molecule has 0 aliphatic rings. The summed E-state index contributed by atoms with van der Waals surface area (Å²) in [5.41, 5.74) is 0. The summed E-state index contributed by atoms with van der Waals surface area (Å²) >= 11 is 4.45. The molecule has 0 bridgehead atoms. The average molecular weight is 377 g/mol. The Bertz CT molecular complexity index is 528. The molecule has 26 heavy (non-hydrogen) atoms. The molecule has 0 aromatic carbocycles. The van der Waals surface area contributed by atoms with Crippen LogP contribution in [0.15, 0.2) is 60.8 Å². The molecule has 0 radical (unpaired) electrons. The SMILES string of the molecule is CC/C=C\C/C=C\C/C=C\C/C=C\C[C@@H](S)/C=C/CC(=O)CCC(=O)O. The number of ketones is 1. The van der Waals surface area contributed by atoms with Crippen molar-refractivity contribution in [3.8, 4) is 0 Å². The molecule has 4 heteroatoms. The molecule has 0 rings (SSSR count). The Hall–Kier alpha value is -1.81. The number of thiol groups is 1. The van der Waals surface area contributed by atoms with Gasteiger partial charge < -0.3 is 5.11 Å². The van der Waals surface area contributed by atoms with Crippen molar-refractivity contribution in [2.24, 2.45) is 0 Å². The van der Waals surface area contributed by atoms with Crippen molar-refractivity contribution >= 4 is 24.4 Å². The summed E-state index contributed by atoms with van der Waals surface area (Å²) in [5, 5.41) is 8.59. The van der Waals surface area contributed by atoms with E-state index in [0.29, 0.717) is 0 Å². The van der Waals surface area contributed by atoms with Gasteiger partial charge in [-0.2, -0.15) is 12.6 Å². The number of hydrogen-bond donors (Lipinski definition) is 2. The molecule has 144 valence electrons. The zero-order valence-electron chi connectivity index (χ0n) is 15.7. The van der Waals surface area contributed by atoms with Crippen molar-refractivity contribution in [3.05, 3.63) is 60.8 Å². The highest BCUT2D eigenvalue weighted by Crippen LogP contribution is 2.06. The van der Waals surface area contributed by atoms with Crippen molar-refractivity contribution in [2.75, 3.05) is 0 Å². The number of carbonyl (C=O) groups excluding carboxylic acids is 1. The molecule has 0 saturated carbocycles. The maximum absolute atomic E-state index is 11.4. The van der Waals surface area contributed by atoms with Gasteiger partial charge >= 0.3 is 5.97 Å². The van der Waals surface area contributed by atoms with E-state index in [1.807, 2.05) is 6.08 Å². The van der Waals surface area contributed by atoms with Crippen molar-refractivity contribution in [2.45, 2.75) is 63.5 Å². The predicted molar refractivity (Wildman–Crippen MR) is 114 cm³/mol. The Morgan fingerprint density at radius 2 is 1.38 bits per heavy atom. The van der Waals surface area contributed by atoms with E-state index in [1.165, 1.54) is 0 Å². The second-order valence-corrected chi connectivity index (χ2v) is 6.53. The first-order valence-corrected chi connectivity index (χ1v) is 9.76. The first-order valence-electron chi connectivity index (χ1n) is 9.24. The van der Waals surface area contributed by atoms with Crippen LogP contribution in [0.25, 0.3) is 0 Å². The summed E-state index contributed by atoms with van der Waals surface area (Å²) in [7, 11) is 0. The number of hydrogen-bond acceptors (Lipinski definition) is 3. The minimum Gasteiger partial charge on any atom is -0.481 e. The minimum atomic E-state index is -0.936. The second kappa shape index (κ2) is 18.0. The molecule has 0 aliphatic heterocycles. The van der Waals surface area contributed by atoms with Crippen LogP contribution >= 0.6 is 12.6 Å². The molecule has 1 atom stereocenters. The van der Waals surface area contributed by atoms with Gasteiger partial charge in [0, 0.05) is 18.1 Å². The molecule has 0 unspecified atom stereocenters. The Labute approximate surface area is 163 Å². The fourth-order valence-electron chi connectivity index (χ4n) is 2.00. The topological polar surface area (TPSA) is 54.4 Å². The van der Waals surface area contributed by atoms with Gasteiger partial charge in [-0.25, -0.2) is 0 Å². The monoisotopic (exact) mass is 376 g/mol. The lowest BCUT2D eigenvalue weighted by Crippen LogP contribution is -2.02. The Balaban J connectivity index is 3.75. The van der Waals surface area contributed by atoms with Crippen LogP contribution in [0.1, 0.15) is 58.3 Å². The van der Waals surface area contributed by atoms with E-state index in [9.17, 15) is 9.59 Å². The quantitative estimate of drug-likeness (QED) is 0.278. The lowest BCUT2D eigenvalue weighted by atomic mass is 10.1.